The van der Waals surface area contributed by atoms with Crippen molar-refractivity contribution in [3.8, 4) is 0 Å². The van der Waals surface area contributed by atoms with Crippen molar-refractivity contribution in [1.82, 2.24) is 4.90 Å². The van der Waals surface area contributed by atoms with Crippen molar-refractivity contribution in [2.24, 2.45) is 5.92 Å². The Balaban J connectivity index is 4.82. The Hall–Kier alpha value is -0.510. The standard InChI is InChI=1S/C11H21NO2S/c1-7(2)10(13)12(8(3)4)11(14)9(5)15-6/h7-9H,1-6H3. The Labute approximate surface area is 96.6 Å². The number of thioether (sulfide) groups is 1. The van der Waals surface area contributed by atoms with Crippen LogP contribution >= 0.6 is 11.8 Å². The summed E-state index contributed by atoms with van der Waals surface area (Å²) in [5.74, 6) is -0.308. The van der Waals surface area contributed by atoms with Crippen LogP contribution < -0.4 is 0 Å². The van der Waals surface area contributed by atoms with E-state index in [1.54, 1.807) is 0 Å². The normalized spacial score (nSPS) is 13.1. The van der Waals surface area contributed by atoms with Crippen molar-refractivity contribution in [3.05, 3.63) is 0 Å². The summed E-state index contributed by atoms with van der Waals surface area (Å²) in [4.78, 5) is 25.2. The third kappa shape index (κ3) is 3.86. The number of hydrogen-bond donors (Lipinski definition) is 0. The van der Waals surface area contributed by atoms with Crippen molar-refractivity contribution in [3.63, 3.8) is 0 Å². The first-order valence-electron chi connectivity index (χ1n) is 5.22. The highest BCUT2D eigenvalue weighted by atomic mass is 32.2. The number of hydrogen-bond acceptors (Lipinski definition) is 3. The summed E-state index contributed by atoms with van der Waals surface area (Å²) < 4.78 is 0. The predicted octanol–water partition coefficient (Wildman–Crippen LogP) is 2.16. The molecule has 0 spiro atoms. The zero-order valence-electron chi connectivity index (χ0n) is 10.4. The zero-order chi connectivity index (χ0) is 12.2. The molecule has 0 rings (SSSR count). The molecule has 0 aromatic heterocycles. The monoisotopic (exact) mass is 231 g/mol. The molecule has 3 nitrogen and oxygen atoms in total. The van der Waals surface area contributed by atoms with Gasteiger partial charge >= 0.3 is 0 Å². The van der Waals surface area contributed by atoms with Gasteiger partial charge in [-0.25, -0.2) is 0 Å². The molecule has 0 radical (unpaired) electrons. The van der Waals surface area contributed by atoms with Crippen LogP contribution in [0.1, 0.15) is 34.6 Å². The van der Waals surface area contributed by atoms with Gasteiger partial charge in [0.15, 0.2) is 0 Å². The van der Waals surface area contributed by atoms with Crippen molar-refractivity contribution in [2.75, 3.05) is 6.26 Å². The highest BCUT2D eigenvalue weighted by Crippen LogP contribution is 2.14. The van der Waals surface area contributed by atoms with Crippen LogP contribution in [0.2, 0.25) is 0 Å². The lowest BCUT2D eigenvalue weighted by molar-refractivity contribution is -0.148. The van der Waals surface area contributed by atoms with E-state index in [0.717, 1.165) is 0 Å². The molecule has 0 aliphatic carbocycles. The fourth-order valence-corrected chi connectivity index (χ4v) is 1.51. The minimum absolute atomic E-state index is 0.0676. The van der Waals surface area contributed by atoms with E-state index < -0.39 is 0 Å². The Morgan fingerprint density at radius 3 is 1.73 bits per heavy atom. The first-order chi connectivity index (χ1) is 6.82. The van der Waals surface area contributed by atoms with Gasteiger partial charge in [0, 0.05) is 12.0 Å². The van der Waals surface area contributed by atoms with Crippen LogP contribution in [0.4, 0.5) is 0 Å². The van der Waals surface area contributed by atoms with Crippen molar-refractivity contribution < 1.29 is 9.59 Å². The van der Waals surface area contributed by atoms with E-state index in [0.29, 0.717) is 0 Å². The van der Waals surface area contributed by atoms with Gasteiger partial charge in [-0.05, 0) is 27.0 Å². The Morgan fingerprint density at radius 1 is 1.00 bits per heavy atom. The summed E-state index contributed by atoms with van der Waals surface area (Å²) in [5.41, 5.74) is 0. The molecule has 1 unspecified atom stereocenters. The summed E-state index contributed by atoms with van der Waals surface area (Å²) in [6, 6.07) is -0.0676. The summed E-state index contributed by atoms with van der Waals surface area (Å²) in [6.45, 7) is 9.19. The minimum Gasteiger partial charge on any atom is -0.279 e. The zero-order valence-corrected chi connectivity index (χ0v) is 11.2. The molecule has 15 heavy (non-hydrogen) atoms. The average molecular weight is 231 g/mol. The number of imide groups is 1. The van der Waals surface area contributed by atoms with Gasteiger partial charge in [-0.2, -0.15) is 11.8 Å². The summed E-state index contributed by atoms with van der Waals surface area (Å²) in [5, 5.41) is -0.157. The first kappa shape index (κ1) is 14.5. The molecule has 0 saturated carbocycles. The molecular weight excluding hydrogens is 210 g/mol. The van der Waals surface area contributed by atoms with Crippen LogP contribution in [0.3, 0.4) is 0 Å². The molecular formula is C11H21NO2S. The molecule has 0 aromatic carbocycles. The fourth-order valence-electron chi connectivity index (χ4n) is 1.19. The van der Waals surface area contributed by atoms with E-state index in [1.807, 2.05) is 40.9 Å². The van der Waals surface area contributed by atoms with Crippen LogP contribution in [0.25, 0.3) is 0 Å². The van der Waals surface area contributed by atoms with Gasteiger partial charge < -0.3 is 0 Å². The second-order valence-electron chi connectivity index (χ2n) is 4.17. The molecule has 2 amide bonds. The van der Waals surface area contributed by atoms with Crippen LogP contribution in [0.5, 0.6) is 0 Å². The van der Waals surface area contributed by atoms with Gasteiger partial charge in [-0.1, -0.05) is 13.8 Å². The first-order valence-corrected chi connectivity index (χ1v) is 6.51. The smallest absolute Gasteiger partial charge is 0.242 e. The van der Waals surface area contributed by atoms with E-state index >= 15 is 0 Å². The number of carbonyl (C=O) groups excluding carboxylic acids is 2. The third-order valence-electron chi connectivity index (χ3n) is 2.19. The largest absolute Gasteiger partial charge is 0.279 e. The Kier molecular flexibility index (Phi) is 5.95. The lowest BCUT2D eigenvalue weighted by Gasteiger charge is -2.28. The van der Waals surface area contributed by atoms with E-state index in [2.05, 4.69) is 0 Å². The number of carbonyl (C=O) groups is 2. The molecule has 0 saturated heterocycles. The fraction of sp³-hybridized carbons (Fsp3) is 0.818. The lowest BCUT2D eigenvalue weighted by Crippen LogP contribution is -2.47. The number of nitrogens with zero attached hydrogens (tertiary/aromatic N) is 1. The van der Waals surface area contributed by atoms with Crippen molar-refractivity contribution >= 4 is 23.6 Å². The average Bonchev–Trinajstić information content (AvgIpc) is 2.15. The van der Waals surface area contributed by atoms with Gasteiger partial charge in [0.25, 0.3) is 0 Å². The van der Waals surface area contributed by atoms with E-state index in [9.17, 15) is 9.59 Å². The van der Waals surface area contributed by atoms with Crippen LogP contribution in [-0.4, -0.2) is 34.3 Å². The molecule has 0 aliphatic heterocycles. The van der Waals surface area contributed by atoms with E-state index in [4.69, 9.17) is 0 Å². The highest BCUT2D eigenvalue weighted by Gasteiger charge is 2.29. The van der Waals surface area contributed by atoms with Gasteiger partial charge in [0.05, 0.1) is 5.25 Å². The number of amides is 2. The van der Waals surface area contributed by atoms with Gasteiger partial charge in [-0.3, -0.25) is 14.5 Å². The van der Waals surface area contributed by atoms with Crippen LogP contribution in [0, 0.1) is 5.92 Å². The van der Waals surface area contributed by atoms with Gasteiger partial charge in [0.1, 0.15) is 0 Å². The summed E-state index contributed by atoms with van der Waals surface area (Å²) in [6.07, 6.45) is 1.88. The Morgan fingerprint density at radius 2 is 1.47 bits per heavy atom. The summed E-state index contributed by atoms with van der Waals surface area (Å²) in [7, 11) is 0. The second kappa shape index (κ2) is 6.16. The molecule has 0 aromatic rings. The van der Waals surface area contributed by atoms with Crippen LogP contribution in [0.15, 0.2) is 0 Å². The van der Waals surface area contributed by atoms with Crippen LogP contribution in [-0.2, 0) is 9.59 Å². The maximum absolute atomic E-state index is 11.9. The molecule has 4 heteroatoms. The second-order valence-corrected chi connectivity index (χ2v) is 5.35. The molecule has 1 atom stereocenters. The van der Waals surface area contributed by atoms with Crippen molar-refractivity contribution in [1.29, 1.82) is 0 Å². The van der Waals surface area contributed by atoms with Gasteiger partial charge in [0.2, 0.25) is 11.8 Å². The predicted molar refractivity (Wildman–Crippen MR) is 64.8 cm³/mol. The Bertz CT molecular complexity index is 239. The molecule has 0 aliphatic rings. The van der Waals surface area contributed by atoms with Crippen molar-refractivity contribution in [2.45, 2.75) is 45.9 Å². The maximum atomic E-state index is 11.9. The molecule has 0 heterocycles. The topological polar surface area (TPSA) is 37.4 Å². The van der Waals surface area contributed by atoms with E-state index in [-0.39, 0.29) is 29.0 Å². The van der Waals surface area contributed by atoms with E-state index in [1.165, 1.54) is 16.7 Å². The van der Waals surface area contributed by atoms with Gasteiger partial charge in [-0.15, -0.1) is 0 Å². The molecule has 0 N–H and O–H groups in total. The minimum atomic E-state index is -0.157. The SMILES string of the molecule is CSC(C)C(=O)N(C(=O)C(C)C)C(C)C. The summed E-state index contributed by atoms with van der Waals surface area (Å²) >= 11 is 1.46. The molecule has 0 fully saturated rings. The third-order valence-corrected chi connectivity index (χ3v) is 3.10. The molecule has 0 bridgehead atoms. The quantitative estimate of drug-likeness (QED) is 0.744. The molecule has 88 valence electrons. The lowest BCUT2D eigenvalue weighted by atomic mass is 10.1. The maximum Gasteiger partial charge on any atom is 0.242 e. The number of rotatable bonds is 4. The highest BCUT2D eigenvalue weighted by molar-refractivity contribution is 7.99.